The molecule has 0 unspecified atom stereocenters. The molecule has 2 atom stereocenters. The van der Waals surface area contributed by atoms with Gasteiger partial charge in [0.25, 0.3) is 0 Å². The molecule has 6 nitrogen and oxygen atoms in total. The topological polar surface area (TPSA) is 98.5 Å². The molecule has 0 radical (unpaired) electrons. The SMILES string of the molecule is CC(=O)OC(=O)[C@H](NC(=O)[C@@H](N)CC(C)C)C(C)C. The Kier molecular flexibility index (Phi) is 7.29. The van der Waals surface area contributed by atoms with Crippen LogP contribution in [0.4, 0.5) is 0 Å². The summed E-state index contributed by atoms with van der Waals surface area (Å²) < 4.78 is 4.50. The van der Waals surface area contributed by atoms with E-state index >= 15 is 0 Å². The lowest BCUT2D eigenvalue weighted by Crippen LogP contribution is -2.51. The van der Waals surface area contributed by atoms with E-state index in [1.54, 1.807) is 13.8 Å². The third kappa shape index (κ3) is 6.91. The van der Waals surface area contributed by atoms with E-state index in [9.17, 15) is 14.4 Å². The summed E-state index contributed by atoms with van der Waals surface area (Å²) in [5.74, 6) is -1.78. The van der Waals surface area contributed by atoms with E-state index in [1.165, 1.54) is 0 Å². The summed E-state index contributed by atoms with van der Waals surface area (Å²) in [5.41, 5.74) is 5.74. The van der Waals surface area contributed by atoms with E-state index in [-0.39, 0.29) is 11.8 Å². The molecule has 0 rings (SSSR count). The second-order valence-electron chi connectivity index (χ2n) is 5.38. The first-order valence-electron chi connectivity index (χ1n) is 6.43. The quantitative estimate of drug-likeness (QED) is 0.544. The fourth-order valence-corrected chi connectivity index (χ4v) is 1.58. The van der Waals surface area contributed by atoms with Gasteiger partial charge in [0.15, 0.2) is 0 Å². The molecule has 0 saturated heterocycles. The van der Waals surface area contributed by atoms with Crippen molar-refractivity contribution in [3.8, 4) is 0 Å². The Morgan fingerprint density at radius 1 is 1.16 bits per heavy atom. The zero-order valence-corrected chi connectivity index (χ0v) is 12.2. The number of esters is 2. The molecule has 3 N–H and O–H groups in total. The van der Waals surface area contributed by atoms with Crippen molar-refractivity contribution < 1.29 is 19.1 Å². The molecule has 0 aromatic carbocycles. The van der Waals surface area contributed by atoms with Crippen LogP contribution in [0.2, 0.25) is 0 Å². The van der Waals surface area contributed by atoms with Crippen LogP contribution >= 0.6 is 0 Å². The molecule has 0 aliphatic heterocycles. The lowest BCUT2D eigenvalue weighted by molar-refractivity contribution is -0.161. The zero-order chi connectivity index (χ0) is 15.2. The largest absolute Gasteiger partial charge is 0.392 e. The normalized spacial score (nSPS) is 14.1. The number of amides is 1. The summed E-state index contributed by atoms with van der Waals surface area (Å²) in [7, 11) is 0. The number of ether oxygens (including phenoxy) is 1. The van der Waals surface area contributed by atoms with Crippen LogP contribution in [-0.2, 0) is 19.1 Å². The van der Waals surface area contributed by atoms with Crippen molar-refractivity contribution >= 4 is 17.8 Å². The summed E-state index contributed by atoms with van der Waals surface area (Å²) in [4.78, 5) is 34.3. The van der Waals surface area contributed by atoms with E-state index in [0.717, 1.165) is 6.92 Å². The molecule has 0 fully saturated rings. The monoisotopic (exact) mass is 272 g/mol. The highest BCUT2D eigenvalue weighted by atomic mass is 16.6. The highest BCUT2D eigenvalue weighted by molar-refractivity contribution is 5.91. The second kappa shape index (κ2) is 7.89. The number of nitrogens with one attached hydrogen (secondary N) is 1. The Labute approximate surface area is 114 Å². The molecule has 1 amide bonds. The maximum atomic E-state index is 11.9. The number of hydrogen-bond donors (Lipinski definition) is 2. The Morgan fingerprint density at radius 3 is 2.05 bits per heavy atom. The Morgan fingerprint density at radius 2 is 1.68 bits per heavy atom. The van der Waals surface area contributed by atoms with E-state index in [2.05, 4.69) is 10.1 Å². The third-order valence-corrected chi connectivity index (χ3v) is 2.52. The van der Waals surface area contributed by atoms with Gasteiger partial charge in [0.05, 0.1) is 6.04 Å². The van der Waals surface area contributed by atoms with E-state index in [0.29, 0.717) is 6.42 Å². The molecule has 0 aromatic rings. The summed E-state index contributed by atoms with van der Waals surface area (Å²) in [5, 5.41) is 2.54. The second-order valence-corrected chi connectivity index (χ2v) is 5.38. The van der Waals surface area contributed by atoms with Crippen LogP contribution in [0.3, 0.4) is 0 Å². The smallest absolute Gasteiger partial charge is 0.336 e. The van der Waals surface area contributed by atoms with Crippen LogP contribution in [0.1, 0.15) is 41.0 Å². The van der Waals surface area contributed by atoms with Crippen molar-refractivity contribution in [1.82, 2.24) is 5.32 Å². The molecule has 0 aliphatic carbocycles. The van der Waals surface area contributed by atoms with Crippen molar-refractivity contribution in [1.29, 1.82) is 0 Å². The maximum Gasteiger partial charge on any atom is 0.336 e. The van der Waals surface area contributed by atoms with Gasteiger partial charge < -0.3 is 15.8 Å². The van der Waals surface area contributed by atoms with Crippen LogP contribution < -0.4 is 11.1 Å². The lowest BCUT2D eigenvalue weighted by Gasteiger charge is -2.22. The molecule has 110 valence electrons. The van der Waals surface area contributed by atoms with Crippen LogP contribution in [-0.4, -0.2) is 29.9 Å². The van der Waals surface area contributed by atoms with Crippen molar-refractivity contribution in [2.45, 2.75) is 53.1 Å². The number of nitrogens with two attached hydrogens (primary N) is 1. The van der Waals surface area contributed by atoms with Crippen LogP contribution in [0.5, 0.6) is 0 Å². The molecule has 0 saturated carbocycles. The van der Waals surface area contributed by atoms with Gasteiger partial charge in [-0.3, -0.25) is 9.59 Å². The first kappa shape index (κ1) is 17.6. The molecule has 19 heavy (non-hydrogen) atoms. The molecule has 6 heteroatoms. The predicted octanol–water partition coefficient (Wildman–Crippen LogP) is 0.590. The first-order chi connectivity index (χ1) is 8.65. The Balaban J connectivity index is 4.62. The van der Waals surface area contributed by atoms with Gasteiger partial charge in [0.1, 0.15) is 6.04 Å². The average molecular weight is 272 g/mol. The highest BCUT2D eigenvalue weighted by Crippen LogP contribution is 2.07. The number of carbonyl (C=O) groups excluding carboxylic acids is 3. The van der Waals surface area contributed by atoms with Crippen molar-refractivity contribution in [3.63, 3.8) is 0 Å². The zero-order valence-electron chi connectivity index (χ0n) is 12.2. The van der Waals surface area contributed by atoms with Gasteiger partial charge >= 0.3 is 11.9 Å². The molecule has 0 aromatic heterocycles. The molecule has 0 spiro atoms. The van der Waals surface area contributed by atoms with E-state index in [4.69, 9.17) is 5.73 Å². The Bertz CT molecular complexity index is 340. The lowest BCUT2D eigenvalue weighted by atomic mass is 10.0. The number of hydrogen-bond acceptors (Lipinski definition) is 5. The van der Waals surface area contributed by atoms with Crippen LogP contribution in [0, 0.1) is 11.8 Å². The number of carbonyl (C=O) groups is 3. The third-order valence-electron chi connectivity index (χ3n) is 2.52. The predicted molar refractivity (Wildman–Crippen MR) is 71.0 cm³/mol. The summed E-state index contributed by atoms with van der Waals surface area (Å²) >= 11 is 0. The van der Waals surface area contributed by atoms with E-state index < -0.39 is 29.9 Å². The van der Waals surface area contributed by atoms with Gasteiger partial charge in [-0.15, -0.1) is 0 Å². The van der Waals surface area contributed by atoms with Gasteiger partial charge in [-0.1, -0.05) is 27.7 Å². The van der Waals surface area contributed by atoms with Gasteiger partial charge in [-0.05, 0) is 18.3 Å². The minimum absolute atomic E-state index is 0.193. The van der Waals surface area contributed by atoms with Gasteiger partial charge in [0, 0.05) is 6.92 Å². The standard InChI is InChI=1S/C13H24N2O4/c1-7(2)6-10(14)12(17)15-11(8(3)4)13(18)19-9(5)16/h7-8,10-11H,6,14H2,1-5H3,(H,15,17)/t10-,11+/m0/s1. The molecule has 0 heterocycles. The van der Waals surface area contributed by atoms with E-state index in [1.807, 2.05) is 13.8 Å². The average Bonchev–Trinajstić information content (AvgIpc) is 2.22. The van der Waals surface area contributed by atoms with Crippen LogP contribution in [0.15, 0.2) is 0 Å². The van der Waals surface area contributed by atoms with Crippen LogP contribution in [0.25, 0.3) is 0 Å². The summed E-state index contributed by atoms with van der Waals surface area (Å²) in [6.45, 7) is 8.55. The van der Waals surface area contributed by atoms with Crippen molar-refractivity contribution in [2.24, 2.45) is 17.6 Å². The van der Waals surface area contributed by atoms with Crippen molar-refractivity contribution in [3.05, 3.63) is 0 Å². The first-order valence-corrected chi connectivity index (χ1v) is 6.43. The summed E-state index contributed by atoms with van der Waals surface area (Å²) in [6.07, 6.45) is 0.526. The van der Waals surface area contributed by atoms with Crippen molar-refractivity contribution in [2.75, 3.05) is 0 Å². The fourth-order valence-electron chi connectivity index (χ4n) is 1.58. The van der Waals surface area contributed by atoms with Gasteiger partial charge in [-0.2, -0.15) is 0 Å². The van der Waals surface area contributed by atoms with Gasteiger partial charge in [-0.25, -0.2) is 4.79 Å². The van der Waals surface area contributed by atoms with Gasteiger partial charge in [0.2, 0.25) is 5.91 Å². The maximum absolute atomic E-state index is 11.9. The number of rotatable bonds is 6. The molecular formula is C13H24N2O4. The molecular weight excluding hydrogens is 248 g/mol. The minimum atomic E-state index is -0.866. The fraction of sp³-hybridized carbons (Fsp3) is 0.769. The minimum Gasteiger partial charge on any atom is -0.392 e. The summed E-state index contributed by atoms with van der Waals surface area (Å²) in [6, 6.07) is -1.54. The Hall–Kier alpha value is -1.43. The highest BCUT2D eigenvalue weighted by Gasteiger charge is 2.28. The molecule has 0 aliphatic rings. The molecule has 0 bridgehead atoms.